The molecule has 4 rings (SSSR count). The summed E-state index contributed by atoms with van der Waals surface area (Å²) in [4.78, 5) is 41.7. The summed E-state index contributed by atoms with van der Waals surface area (Å²) in [5.74, 6) is -0.734. The summed E-state index contributed by atoms with van der Waals surface area (Å²) in [6.45, 7) is 10.2. The minimum absolute atomic E-state index is 0.0400. The van der Waals surface area contributed by atoms with Gasteiger partial charge in [-0.05, 0) is 61.4 Å². The van der Waals surface area contributed by atoms with Crippen LogP contribution < -0.4 is 5.32 Å². The Balaban J connectivity index is 1.57. The third-order valence-corrected chi connectivity index (χ3v) is 8.36. The van der Waals surface area contributed by atoms with E-state index in [4.69, 9.17) is 4.84 Å². The van der Waals surface area contributed by atoms with Gasteiger partial charge in [0.15, 0.2) is 0 Å². The van der Waals surface area contributed by atoms with Gasteiger partial charge < -0.3 is 10.2 Å². The van der Waals surface area contributed by atoms with Crippen molar-refractivity contribution >= 4 is 29.0 Å². The number of nitrogens with one attached hydrogen (secondary N) is 1. The molecule has 2 aliphatic rings. The molecular weight excluding hydrogens is 434 g/mol. The molecule has 0 aromatic heterocycles. The predicted molar refractivity (Wildman–Crippen MR) is 129 cm³/mol. The lowest BCUT2D eigenvalue weighted by Crippen LogP contribution is -2.43. The molecule has 2 unspecified atom stereocenters. The topological polar surface area (TPSA) is 111 Å². The van der Waals surface area contributed by atoms with Gasteiger partial charge in [0.05, 0.1) is 21.6 Å². The predicted octanol–water partition coefficient (Wildman–Crippen LogP) is 5.58. The Morgan fingerprint density at radius 2 is 1.74 bits per heavy atom. The highest BCUT2D eigenvalue weighted by molar-refractivity contribution is 6.06. The van der Waals surface area contributed by atoms with Crippen LogP contribution in [0.25, 0.3) is 0 Å². The fourth-order valence-electron chi connectivity index (χ4n) is 5.50. The zero-order valence-corrected chi connectivity index (χ0v) is 20.1. The maximum atomic E-state index is 13.7. The molecule has 8 heteroatoms. The van der Waals surface area contributed by atoms with Gasteiger partial charge >= 0.3 is 5.97 Å². The maximum Gasteiger partial charge on any atom is 0.365 e. The van der Waals surface area contributed by atoms with Crippen LogP contribution in [-0.2, 0) is 9.63 Å². The van der Waals surface area contributed by atoms with E-state index < -0.39 is 27.1 Å². The highest BCUT2D eigenvalue weighted by Crippen LogP contribution is 2.71. The van der Waals surface area contributed by atoms with Crippen molar-refractivity contribution < 1.29 is 19.3 Å². The number of benzene rings is 2. The van der Waals surface area contributed by atoms with Gasteiger partial charge in [0.25, 0.3) is 5.69 Å². The van der Waals surface area contributed by atoms with Crippen LogP contribution in [0.4, 0.5) is 11.4 Å². The second-order valence-corrected chi connectivity index (χ2v) is 10.2. The number of amides is 1. The first-order valence-electron chi connectivity index (χ1n) is 11.3. The number of carbonyl (C=O) groups is 2. The minimum atomic E-state index is -0.694. The van der Waals surface area contributed by atoms with Crippen molar-refractivity contribution in [3.63, 3.8) is 0 Å². The monoisotopic (exact) mass is 463 g/mol. The largest absolute Gasteiger partial charge is 0.365 e. The molecule has 2 bridgehead atoms. The Bertz CT molecular complexity index is 1220. The molecule has 1 N–H and O–H groups in total. The van der Waals surface area contributed by atoms with E-state index in [-0.39, 0.29) is 17.2 Å². The second kappa shape index (κ2) is 8.04. The van der Waals surface area contributed by atoms with Crippen molar-refractivity contribution in [2.24, 2.45) is 21.4 Å². The molecule has 178 valence electrons. The molecule has 0 spiro atoms. The van der Waals surface area contributed by atoms with Crippen LogP contribution in [0.5, 0.6) is 0 Å². The van der Waals surface area contributed by atoms with Crippen LogP contribution in [0.1, 0.15) is 61.5 Å². The van der Waals surface area contributed by atoms with Gasteiger partial charge in [0.2, 0.25) is 5.91 Å². The van der Waals surface area contributed by atoms with Crippen molar-refractivity contribution in [1.29, 1.82) is 0 Å². The van der Waals surface area contributed by atoms with E-state index in [2.05, 4.69) is 31.2 Å². The quantitative estimate of drug-likeness (QED) is 0.353. The summed E-state index contributed by atoms with van der Waals surface area (Å²) < 4.78 is 0. The van der Waals surface area contributed by atoms with Crippen molar-refractivity contribution in [1.82, 2.24) is 0 Å². The first-order chi connectivity index (χ1) is 15.9. The standard InChI is InChI=1S/C26H29N3O5/c1-16-6-7-17(2)20(14-16)27-23(31)26-13-12-25(5,24(26,3)4)21(15-26)28-34-22(30)18-8-10-19(11-9-18)29(32)33/h6-11,14H,12-13,15H2,1-5H3,(H,27,31). The number of non-ortho nitro benzene ring substituents is 1. The molecular formula is C26H29N3O5. The number of nitro groups is 1. The van der Waals surface area contributed by atoms with E-state index in [0.29, 0.717) is 12.1 Å². The van der Waals surface area contributed by atoms with E-state index in [1.165, 1.54) is 24.3 Å². The Kier molecular flexibility index (Phi) is 5.58. The van der Waals surface area contributed by atoms with E-state index in [0.717, 1.165) is 29.7 Å². The highest BCUT2D eigenvalue weighted by Gasteiger charge is 2.71. The number of oxime groups is 1. The first kappa shape index (κ1) is 23.6. The molecule has 0 saturated heterocycles. The Hall–Kier alpha value is -3.55. The summed E-state index contributed by atoms with van der Waals surface area (Å²) in [7, 11) is 0. The molecule has 2 atom stereocenters. The number of anilines is 1. The molecule has 0 radical (unpaired) electrons. The zero-order valence-electron chi connectivity index (χ0n) is 20.1. The van der Waals surface area contributed by atoms with Gasteiger partial charge in [0.1, 0.15) is 0 Å². The van der Waals surface area contributed by atoms with Crippen LogP contribution in [0.2, 0.25) is 0 Å². The molecule has 0 aliphatic heterocycles. The zero-order chi connectivity index (χ0) is 24.9. The first-order valence-corrected chi connectivity index (χ1v) is 11.3. The minimum Gasteiger partial charge on any atom is -0.325 e. The van der Waals surface area contributed by atoms with Gasteiger partial charge in [-0.2, -0.15) is 0 Å². The van der Waals surface area contributed by atoms with E-state index in [1.54, 1.807) is 0 Å². The lowest BCUT2D eigenvalue weighted by atomic mass is 9.64. The molecule has 34 heavy (non-hydrogen) atoms. The smallest absolute Gasteiger partial charge is 0.325 e. The molecule has 2 fully saturated rings. The van der Waals surface area contributed by atoms with Crippen LogP contribution in [-0.4, -0.2) is 22.5 Å². The van der Waals surface area contributed by atoms with Crippen LogP contribution in [0, 0.1) is 40.2 Å². The van der Waals surface area contributed by atoms with Crippen molar-refractivity contribution in [3.8, 4) is 0 Å². The number of rotatable bonds is 5. The third kappa shape index (κ3) is 3.48. The number of hydrogen-bond acceptors (Lipinski definition) is 6. The van der Waals surface area contributed by atoms with E-state index in [1.807, 2.05) is 32.0 Å². The summed E-state index contributed by atoms with van der Waals surface area (Å²) in [6.07, 6.45) is 1.89. The number of nitro benzene ring substituents is 1. The summed E-state index contributed by atoms with van der Waals surface area (Å²) >= 11 is 0. The number of hydrogen-bond donors (Lipinski definition) is 1. The number of carbonyl (C=O) groups excluding carboxylic acids is 2. The molecule has 0 heterocycles. The molecule has 2 aromatic carbocycles. The Morgan fingerprint density at radius 3 is 2.38 bits per heavy atom. The van der Waals surface area contributed by atoms with Gasteiger partial charge in [0, 0.05) is 29.7 Å². The number of fused-ring (bicyclic) bond motifs is 2. The van der Waals surface area contributed by atoms with Gasteiger partial charge in [-0.25, -0.2) is 4.79 Å². The Morgan fingerprint density at radius 1 is 1.06 bits per heavy atom. The lowest BCUT2D eigenvalue weighted by Gasteiger charge is -2.39. The SMILES string of the molecule is Cc1ccc(C)c(NC(=O)C23CCC(C)(C(=NOC(=O)c4ccc([N+](=O)[O-])cc4)C2)C3(C)C)c1. The summed E-state index contributed by atoms with van der Waals surface area (Å²) in [5, 5.41) is 18.2. The lowest BCUT2D eigenvalue weighted by molar-refractivity contribution is -0.384. The van der Waals surface area contributed by atoms with Crippen LogP contribution in [0.3, 0.4) is 0 Å². The van der Waals surface area contributed by atoms with Gasteiger partial charge in [-0.1, -0.05) is 38.1 Å². The van der Waals surface area contributed by atoms with E-state index in [9.17, 15) is 19.7 Å². The van der Waals surface area contributed by atoms with Crippen LogP contribution >= 0.6 is 0 Å². The maximum absolute atomic E-state index is 13.7. The van der Waals surface area contributed by atoms with Crippen molar-refractivity contribution in [3.05, 3.63) is 69.3 Å². The van der Waals surface area contributed by atoms with Crippen molar-refractivity contribution in [2.45, 2.75) is 53.9 Å². The summed E-state index contributed by atoms with van der Waals surface area (Å²) in [6, 6.07) is 11.2. The fraction of sp³-hybridized carbons (Fsp3) is 0.423. The van der Waals surface area contributed by atoms with Gasteiger partial charge in [-0.3, -0.25) is 14.9 Å². The summed E-state index contributed by atoms with van der Waals surface area (Å²) in [5.41, 5.74) is 2.15. The van der Waals surface area contributed by atoms with Crippen LogP contribution in [0.15, 0.2) is 47.6 Å². The van der Waals surface area contributed by atoms with E-state index >= 15 is 0 Å². The third-order valence-electron chi connectivity index (χ3n) is 8.36. The average molecular weight is 464 g/mol. The second-order valence-electron chi connectivity index (χ2n) is 10.2. The number of nitrogens with zero attached hydrogens (tertiary/aromatic N) is 2. The molecule has 2 aliphatic carbocycles. The van der Waals surface area contributed by atoms with Crippen molar-refractivity contribution in [2.75, 3.05) is 5.32 Å². The molecule has 2 saturated carbocycles. The fourth-order valence-corrected chi connectivity index (χ4v) is 5.50. The Labute approximate surface area is 198 Å². The molecule has 1 amide bonds. The van der Waals surface area contributed by atoms with Gasteiger partial charge in [-0.15, -0.1) is 0 Å². The molecule has 2 aromatic rings. The molecule has 8 nitrogen and oxygen atoms in total. The normalized spacial score (nSPS) is 25.9. The number of aryl methyl sites for hydroxylation is 2. The highest BCUT2D eigenvalue weighted by atomic mass is 16.7. The average Bonchev–Trinajstić information content (AvgIpc) is 3.10.